The van der Waals surface area contributed by atoms with Gasteiger partial charge in [-0.3, -0.25) is 4.79 Å². The molecule has 1 aromatic rings. The van der Waals surface area contributed by atoms with E-state index in [0.717, 1.165) is 19.4 Å². The fourth-order valence-electron chi connectivity index (χ4n) is 2.30. The maximum absolute atomic E-state index is 13.0. The van der Waals surface area contributed by atoms with Crippen LogP contribution in [0.4, 0.5) is 4.39 Å². The van der Waals surface area contributed by atoms with Crippen LogP contribution in [0.15, 0.2) is 24.3 Å². The number of rotatable bonds is 6. The van der Waals surface area contributed by atoms with Crippen LogP contribution in [-0.2, 0) is 4.79 Å². The lowest BCUT2D eigenvalue weighted by Gasteiger charge is -2.16. The Balaban J connectivity index is 1.69. The van der Waals surface area contributed by atoms with E-state index in [1.807, 2.05) is 6.92 Å². The largest absolute Gasteiger partial charge is 0.489 e. The molecule has 0 saturated carbocycles. The fraction of sp³-hybridized carbons (Fsp3) is 0.533. The van der Waals surface area contributed by atoms with Crippen molar-refractivity contribution in [2.45, 2.75) is 38.3 Å². The summed E-state index contributed by atoms with van der Waals surface area (Å²) in [4.78, 5) is 11.7. The van der Waals surface area contributed by atoms with Gasteiger partial charge >= 0.3 is 0 Å². The molecule has 1 aromatic carbocycles. The number of carbonyl (C=O) groups is 1. The van der Waals surface area contributed by atoms with Crippen molar-refractivity contribution < 1.29 is 13.9 Å². The second kappa shape index (κ2) is 7.24. The zero-order valence-corrected chi connectivity index (χ0v) is 11.7. The summed E-state index contributed by atoms with van der Waals surface area (Å²) in [5.41, 5.74) is 0. The number of halogens is 1. The normalized spacial score (nSPS) is 19.6. The number of ether oxygens (including phenoxy) is 1. The average Bonchev–Trinajstić information content (AvgIpc) is 2.89. The van der Waals surface area contributed by atoms with Crippen LogP contribution in [0.25, 0.3) is 0 Å². The summed E-state index contributed by atoms with van der Waals surface area (Å²) in [5, 5.41) is 6.13. The van der Waals surface area contributed by atoms with Crippen LogP contribution < -0.4 is 15.4 Å². The van der Waals surface area contributed by atoms with Gasteiger partial charge in [0, 0.05) is 18.5 Å². The lowest BCUT2D eigenvalue weighted by Crippen LogP contribution is -2.37. The van der Waals surface area contributed by atoms with Gasteiger partial charge in [0.15, 0.2) is 0 Å². The molecule has 5 heteroatoms. The van der Waals surface area contributed by atoms with Crippen molar-refractivity contribution >= 4 is 5.91 Å². The molecule has 110 valence electrons. The molecular formula is C15H21FN2O2. The van der Waals surface area contributed by atoms with Crippen LogP contribution in [-0.4, -0.2) is 31.1 Å². The predicted octanol–water partition coefficient (Wildman–Crippen LogP) is 1.85. The average molecular weight is 280 g/mol. The molecule has 20 heavy (non-hydrogen) atoms. The third-order valence-corrected chi connectivity index (χ3v) is 3.31. The molecule has 4 nitrogen and oxygen atoms in total. The third-order valence-electron chi connectivity index (χ3n) is 3.31. The van der Waals surface area contributed by atoms with Gasteiger partial charge in [0.25, 0.3) is 0 Å². The van der Waals surface area contributed by atoms with E-state index in [2.05, 4.69) is 10.6 Å². The van der Waals surface area contributed by atoms with E-state index in [1.54, 1.807) is 12.1 Å². The molecule has 0 bridgehead atoms. The minimum absolute atomic E-state index is 0.0269. The Morgan fingerprint density at radius 3 is 3.15 bits per heavy atom. The van der Waals surface area contributed by atoms with Gasteiger partial charge in [0.1, 0.15) is 17.7 Å². The second-order valence-corrected chi connectivity index (χ2v) is 5.19. The van der Waals surface area contributed by atoms with Crippen LogP contribution in [0.1, 0.15) is 26.2 Å². The molecule has 0 spiro atoms. The van der Waals surface area contributed by atoms with Gasteiger partial charge in [-0.1, -0.05) is 6.07 Å². The molecule has 1 aliphatic heterocycles. The summed E-state index contributed by atoms with van der Waals surface area (Å²) in [7, 11) is 0. The SMILES string of the molecule is CC(CNC(=O)CC1CCCN1)Oc1cccc(F)c1. The zero-order valence-electron chi connectivity index (χ0n) is 11.7. The highest BCUT2D eigenvalue weighted by molar-refractivity contribution is 5.76. The summed E-state index contributed by atoms with van der Waals surface area (Å²) in [6.45, 7) is 3.26. The van der Waals surface area contributed by atoms with Gasteiger partial charge in [-0.05, 0) is 38.4 Å². The van der Waals surface area contributed by atoms with Crippen molar-refractivity contribution in [1.82, 2.24) is 10.6 Å². The Bertz CT molecular complexity index is 447. The van der Waals surface area contributed by atoms with Crippen molar-refractivity contribution in [2.75, 3.05) is 13.1 Å². The Morgan fingerprint density at radius 1 is 1.60 bits per heavy atom. The Kier molecular flexibility index (Phi) is 5.35. The number of benzene rings is 1. The first-order chi connectivity index (χ1) is 9.63. The van der Waals surface area contributed by atoms with Gasteiger partial charge in [-0.15, -0.1) is 0 Å². The molecular weight excluding hydrogens is 259 g/mol. The quantitative estimate of drug-likeness (QED) is 0.836. The third kappa shape index (κ3) is 4.81. The lowest BCUT2D eigenvalue weighted by atomic mass is 10.1. The number of hydrogen-bond acceptors (Lipinski definition) is 3. The molecule has 1 amide bonds. The molecule has 1 heterocycles. The highest BCUT2D eigenvalue weighted by atomic mass is 19.1. The van der Waals surface area contributed by atoms with Crippen molar-refractivity contribution in [3.05, 3.63) is 30.1 Å². The van der Waals surface area contributed by atoms with Crippen molar-refractivity contribution in [1.29, 1.82) is 0 Å². The first kappa shape index (κ1) is 14.8. The van der Waals surface area contributed by atoms with Crippen LogP contribution in [0.3, 0.4) is 0 Å². The van der Waals surface area contributed by atoms with E-state index < -0.39 is 0 Å². The molecule has 1 aliphatic rings. The predicted molar refractivity (Wildman–Crippen MR) is 75.1 cm³/mol. The first-order valence-corrected chi connectivity index (χ1v) is 7.06. The van der Waals surface area contributed by atoms with E-state index in [0.29, 0.717) is 24.8 Å². The van der Waals surface area contributed by atoms with Crippen LogP contribution in [0.2, 0.25) is 0 Å². The second-order valence-electron chi connectivity index (χ2n) is 5.19. The van der Waals surface area contributed by atoms with Gasteiger partial charge in [0.05, 0.1) is 6.54 Å². The van der Waals surface area contributed by atoms with Gasteiger partial charge in [-0.2, -0.15) is 0 Å². The van der Waals surface area contributed by atoms with Crippen LogP contribution in [0, 0.1) is 5.82 Å². The molecule has 1 fully saturated rings. The lowest BCUT2D eigenvalue weighted by molar-refractivity contribution is -0.121. The molecule has 2 rings (SSSR count). The van der Waals surface area contributed by atoms with Gasteiger partial charge < -0.3 is 15.4 Å². The molecule has 2 N–H and O–H groups in total. The summed E-state index contributed by atoms with van der Waals surface area (Å²) < 4.78 is 18.5. The van der Waals surface area contributed by atoms with Gasteiger partial charge in [-0.25, -0.2) is 4.39 Å². The minimum atomic E-state index is -0.328. The minimum Gasteiger partial charge on any atom is -0.489 e. The highest BCUT2D eigenvalue weighted by Crippen LogP contribution is 2.13. The summed E-state index contributed by atoms with van der Waals surface area (Å²) in [5.74, 6) is 0.175. The summed E-state index contributed by atoms with van der Waals surface area (Å²) in [6, 6.07) is 6.30. The van der Waals surface area contributed by atoms with E-state index in [1.165, 1.54) is 12.1 Å². The number of amides is 1. The zero-order chi connectivity index (χ0) is 14.4. The van der Waals surface area contributed by atoms with E-state index in [4.69, 9.17) is 4.74 Å². The van der Waals surface area contributed by atoms with Crippen LogP contribution >= 0.6 is 0 Å². The van der Waals surface area contributed by atoms with Gasteiger partial charge in [0.2, 0.25) is 5.91 Å². The maximum atomic E-state index is 13.0. The molecule has 0 aromatic heterocycles. The Labute approximate surface area is 118 Å². The number of nitrogens with one attached hydrogen (secondary N) is 2. The maximum Gasteiger partial charge on any atom is 0.221 e. The molecule has 2 atom stereocenters. The monoisotopic (exact) mass is 280 g/mol. The first-order valence-electron chi connectivity index (χ1n) is 7.06. The Hall–Kier alpha value is -1.62. The topological polar surface area (TPSA) is 50.4 Å². The molecule has 2 unspecified atom stereocenters. The fourth-order valence-corrected chi connectivity index (χ4v) is 2.30. The standard InChI is InChI=1S/C15H21FN2O2/c1-11(20-14-6-2-4-12(16)8-14)10-18-15(19)9-13-5-3-7-17-13/h2,4,6,8,11,13,17H,3,5,7,9-10H2,1H3,(H,18,19). The number of carbonyl (C=O) groups excluding carboxylic acids is 1. The van der Waals surface area contributed by atoms with E-state index >= 15 is 0 Å². The molecule has 0 aliphatic carbocycles. The summed E-state index contributed by atoms with van der Waals surface area (Å²) >= 11 is 0. The van der Waals surface area contributed by atoms with Crippen molar-refractivity contribution in [3.8, 4) is 5.75 Å². The molecule has 1 saturated heterocycles. The van der Waals surface area contributed by atoms with Crippen LogP contribution in [0.5, 0.6) is 5.75 Å². The van der Waals surface area contributed by atoms with Crippen molar-refractivity contribution in [2.24, 2.45) is 0 Å². The van der Waals surface area contributed by atoms with E-state index in [9.17, 15) is 9.18 Å². The summed E-state index contributed by atoms with van der Waals surface area (Å²) in [6.07, 6.45) is 2.50. The smallest absolute Gasteiger partial charge is 0.221 e. The Morgan fingerprint density at radius 2 is 2.45 bits per heavy atom. The number of hydrogen-bond donors (Lipinski definition) is 2. The van der Waals surface area contributed by atoms with Crippen molar-refractivity contribution in [3.63, 3.8) is 0 Å². The van der Waals surface area contributed by atoms with E-state index in [-0.39, 0.29) is 17.8 Å². The highest BCUT2D eigenvalue weighted by Gasteiger charge is 2.17. The molecule has 0 radical (unpaired) electrons.